The summed E-state index contributed by atoms with van der Waals surface area (Å²) in [5, 5.41) is 18.1. The second kappa shape index (κ2) is 3.51. The Balaban J connectivity index is 3.31. The molecule has 0 heterocycles. The van der Waals surface area contributed by atoms with Crippen LogP contribution in [0.5, 0.6) is 5.75 Å². The summed E-state index contributed by atoms with van der Waals surface area (Å²) in [5.74, 6) is -3.36. The van der Waals surface area contributed by atoms with Crippen LogP contribution in [-0.2, 0) is 5.54 Å². The summed E-state index contributed by atoms with van der Waals surface area (Å²) in [7, 11) is 0. The van der Waals surface area contributed by atoms with Crippen LogP contribution < -0.4 is 5.73 Å². The molecule has 0 fully saturated rings. The van der Waals surface area contributed by atoms with Gasteiger partial charge in [0.25, 0.3) is 0 Å². The first-order valence-corrected chi connectivity index (χ1v) is 3.97. The molecule has 0 aliphatic carbocycles. The second-order valence-electron chi connectivity index (χ2n) is 3.33. The van der Waals surface area contributed by atoms with E-state index in [9.17, 15) is 13.9 Å². The molecule has 14 heavy (non-hydrogen) atoms. The topological polar surface area (TPSA) is 66.5 Å². The van der Waals surface area contributed by atoms with Crippen LogP contribution in [-0.4, -0.2) is 16.8 Å². The van der Waals surface area contributed by atoms with Crippen LogP contribution in [0.3, 0.4) is 0 Å². The fraction of sp³-hybridized carbons (Fsp3) is 0.333. The number of nitrogens with two attached hydrogens (primary N) is 1. The van der Waals surface area contributed by atoms with Crippen molar-refractivity contribution in [2.45, 2.75) is 12.5 Å². The molecule has 1 aromatic carbocycles. The molecule has 0 aromatic heterocycles. The van der Waals surface area contributed by atoms with Crippen molar-refractivity contribution in [1.29, 1.82) is 0 Å². The predicted octanol–water partition coefficient (Wildman–Crippen LogP) is 0.837. The number of hydrogen-bond acceptors (Lipinski definition) is 3. The number of halogens is 2. The van der Waals surface area contributed by atoms with Gasteiger partial charge < -0.3 is 15.9 Å². The van der Waals surface area contributed by atoms with Gasteiger partial charge >= 0.3 is 0 Å². The molecule has 5 heteroatoms. The van der Waals surface area contributed by atoms with Gasteiger partial charge in [-0.2, -0.15) is 4.39 Å². The number of benzene rings is 1. The molecule has 0 aliphatic rings. The first kappa shape index (κ1) is 10.9. The summed E-state index contributed by atoms with van der Waals surface area (Å²) < 4.78 is 25.5. The van der Waals surface area contributed by atoms with E-state index in [4.69, 9.17) is 10.8 Å². The molecule has 3 nitrogen and oxygen atoms in total. The van der Waals surface area contributed by atoms with Gasteiger partial charge in [0.15, 0.2) is 11.6 Å². The average molecular weight is 203 g/mol. The van der Waals surface area contributed by atoms with E-state index in [1.165, 1.54) is 6.92 Å². The van der Waals surface area contributed by atoms with Crippen molar-refractivity contribution in [3.63, 3.8) is 0 Å². The third kappa shape index (κ3) is 1.69. The minimum absolute atomic E-state index is 0.0288. The predicted molar refractivity (Wildman–Crippen MR) is 46.6 cm³/mol. The lowest BCUT2D eigenvalue weighted by Gasteiger charge is -2.23. The normalized spacial score (nSPS) is 15.2. The fourth-order valence-electron chi connectivity index (χ4n) is 1.09. The number of aliphatic hydroxyl groups excluding tert-OH is 1. The summed E-state index contributed by atoms with van der Waals surface area (Å²) in [5.41, 5.74) is 4.24. The van der Waals surface area contributed by atoms with Gasteiger partial charge in [-0.3, -0.25) is 0 Å². The highest BCUT2D eigenvalue weighted by Gasteiger charge is 2.26. The van der Waals surface area contributed by atoms with Crippen molar-refractivity contribution in [2.24, 2.45) is 5.73 Å². The minimum atomic E-state index is -1.35. The molecular formula is C9H11F2NO2. The molecule has 1 rings (SSSR count). The van der Waals surface area contributed by atoms with Crippen molar-refractivity contribution in [1.82, 2.24) is 0 Å². The van der Waals surface area contributed by atoms with Crippen LogP contribution in [0.4, 0.5) is 8.78 Å². The number of aromatic hydroxyl groups is 1. The molecule has 0 spiro atoms. The lowest BCUT2D eigenvalue weighted by Crippen LogP contribution is -2.37. The average Bonchev–Trinajstić information content (AvgIpc) is 2.14. The van der Waals surface area contributed by atoms with Gasteiger partial charge in [0.2, 0.25) is 5.82 Å². The Hall–Kier alpha value is -1.20. The number of rotatable bonds is 2. The minimum Gasteiger partial charge on any atom is -0.505 e. The van der Waals surface area contributed by atoms with Gasteiger partial charge in [0.1, 0.15) is 0 Å². The van der Waals surface area contributed by atoms with E-state index in [-0.39, 0.29) is 5.56 Å². The van der Waals surface area contributed by atoms with Crippen molar-refractivity contribution in [3.8, 4) is 5.75 Å². The molecule has 0 unspecified atom stereocenters. The summed E-state index contributed by atoms with van der Waals surface area (Å²) in [6, 6.07) is 2.00. The number of phenols is 1. The SMILES string of the molecule is C[C@](N)(CO)c1ccc(F)c(F)c1O. The maximum Gasteiger partial charge on any atom is 0.200 e. The molecule has 0 saturated carbocycles. The Morgan fingerprint density at radius 1 is 1.43 bits per heavy atom. The zero-order valence-corrected chi connectivity index (χ0v) is 7.59. The van der Waals surface area contributed by atoms with Crippen LogP contribution in [0.1, 0.15) is 12.5 Å². The molecule has 0 aliphatic heterocycles. The van der Waals surface area contributed by atoms with E-state index in [1.54, 1.807) is 0 Å². The van der Waals surface area contributed by atoms with Crippen molar-refractivity contribution in [2.75, 3.05) is 6.61 Å². The molecule has 0 amide bonds. The van der Waals surface area contributed by atoms with Crippen LogP contribution in [0.15, 0.2) is 12.1 Å². The third-order valence-corrected chi connectivity index (χ3v) is 2.01. The molecular weight excluding hydrogens is 192 g/mol. The number of phenolic OH excluding ortho intramolecular Hbond substituents is 1. The largest absolute Gasteiger partial charge is 0.505 e. The Bertz CT molecular complexity index is 353. The highest BCUT2D eigenvalue weighted by Crippen LogP contribution is 2.30. The smallest absolute Gasteiger partial charge is 0.200 e. The van der Waals surface area contributed by atoms with Crippen LogP contribution in [0.25, 0.3) is 0 Å². The zero-order valence-electron chi connectivity index (χ0n) is 7.59. The standard InChI is InChI=1S/C9H11F2NO2/c1-9(12,4-13)5-2-3-6(10)7(11)8(5)14/h2-3,13-14H,4,12H2,1H3/t9-/m0/s1. The van der Waals surface area contributed by atoms with E-state index in [0.717, 1.165) is 12.1 Å². The molecule has 1 aromatic rings. The van der Waals surface area contributed by atoms with Gasteiger partial charge in [-0.25, -0.2) is 4.39 Å². The number of aliphatic hydroxyl groups is 1. The van der Waals surface area contributed by atoms with E-state index < -0.39 is 29.5 Å². The molecule has 0 radical (unpaired) electrons. The Morgan fingerprint density at radius 2 is 2.00 bits per heavy atom. The first-order chi connectivity index (χ1) is 6.40. The Kier molecular flexibility index (Phi) is 2.73. The van der Waals surface area contributed by atoms with Crippen LogP contribution in [0.2, 0.25) is 0 Å². The van der Waals surface area contributed by atoms with E-state index >= 15 is 0 Å². The molecule has 0 saturated heterocycles. The van der Waals surface area contributed by atoms with Crippen LogP contribution >= 0.6 is 0 Å². The van der Waals surface area contributed by atoms with Gasteiger partial charge in [-0.05, 0) is 13.0 Å². The lowest BCUT2D eigenvalue weighted by molar-refractivity contribution is 0.205. The van der Waals surface area contributed by atoms with Gasteiger partial charge in [0, 0.05) is 5.56 Å². The lowest BCUT2D eigenvalue weighted by atomic mass is 9.93. The zero-order chi connectivity index (χ0) is 10.9. The van der Waals surface area contributed by atoms with Crippen molar-refractivity contribution in [3.05, 3.63) is 29.3 Å². The van der Waals surface area contributed by atoms with Crippen molar-refractivity contribution < 1.29 is 19.0 Å². The third-order valence-electron chi connectivity index (χ3n) is 2.01. The fourth-order valence-corrected chi connectivity index (χ4v) is 1.09. The maximum atomic E-state index is 12.9. The first-order valence-electron chi connectivity index (χ1n) is 3.97. The summed E-state index contributed by atoms with van der Waals surface area (Å²) in [4.78, 5) is 0. The number of hydrogen-bond donors (Lipinski definition) is 3. The van der Waals surface area contributed by atoms with Gasteiger partial charge in [0.05, 0.1) is 12.1 Å². The highest BCUT2D eigenvalue weighted by molar-refractivity contribution is 5.39. The van der Waals surface area contributed by atoms with Crippen LogP contribution in [0, 0.1) is 11.6 Å². The van der Waals surface area contributed by atoms with E-state index in [1.807, 2.05) is 0 Å². The van der Waals surface area contributed by atoms with E-state index in [2.05, 4.69) is 0 Å². The van der Waals surface area contributed by atoms with Gasteiger partial charge in [-0.1, -0.05) is 6.07 Å². The van der Waals surface area contributed by atoms with E-state index in [0.29, 0.717) is 0 Å². The Morgan fingerprint density at radius 3 is 2.50 bits per heavy atom. The summed E-state index contributed by atoms with van der Waals surface area (Å²) >= 11 is 0. The van der Waals surface area contributed by atoms with Gasteiger partial charge in [-0.15, -0.1) is 0 Å². The second-order valence-corrected chi connectivity index (χ2v) is 3.33. The molecule has 0 bridgehead atoms. The maximum absolute atomic E-state index is 12.9. The highest BCUT2D eigenvalue weighted by atomic mass is 19.2. The summed E-state index contributed by atoms with van der Waals surface area (Å²) in [6.45, 7) is 0.922. The monoisotopic (exact) mass is 203 g/mol. The molecule has 4 N–H and O–H groups in total. The quantitative estimate of drug-likeness (QED) is 0.667. The summed E-state index contributed by atoms with van der Waals surface area (Å²) in [6.07, 6.45) is 0. The van der Waals surface area contributed by atoms with Crippen molar-refractivity contribution >= 4 is 0 Å². The molecule has 1 atom stereocenters. The molecule has 78 valence electrons. The Labute approximate surface area is 79.8 Å².